The second-order valence-electron chi connectivity index (χ2n) is 4.70. The van der Waals surface area contributed by atoms with Gasteiger partial charge in [0.1, 0.15) is 0 Å². The van der Waals surface area contributed by atoms with Crippen LogP contribution in [0.5, 0.6) is 0 Å². The van der Waals surface area contributed by atoms with Crippen LogP contribution in [0.3, 0.4) is 0 Å². The standard InChI is InChI=1S/C13H28N2O2/c1-3-9-17-11-8-15(7-10-16-2)12-13-5-4-6-14-13/h13-14H,3-12H2,1-2H3. The van der Waals surface area contributed by atoms with Gasteiger partial charge in [0, 0.05) is 39.4 Å². The molecule has 1 heterocycles. The molecule has 17 heavy (non-hydrogen) atoms. The first-order valence-corrected chi connectivity index (χ1v) is 6.89. The smallest absolute Gasteiger partial charge is 0.0593 e. The van der Waals surface area contributed by atoms with Crippen LogP contribution in [0.1, 0.15) is 26.2 Å². The van der Waals surface area contributed by atoms with Crippen LogP contribution < -0.4 is 5.32 Å². The lowest BCUT2D eigenvalue weighted by atomic mass is 10.2. The average molecular weight is 244 g/mol. The second-order valence-corrected chi connectivity index (χ2v) is 4.70. The molecule has 1 fully saturated rings. The van der Waals surface area contributed by atoms with Crippen LogP contribution in [0.2, 0.25) is 0 Å². The molecule has 4 nitrogen and oxygen atoms in total. The zero-order valence-electron chi connectivity index (χ0n) is 11.4. The normalized spacial score (nSPS) is 20.3. The zero-order chi connectivity index (χ0) is 12.3. The number of ether oxygens (including phenoxy) is 2. The van der Waals surface area contributed by atoms with E-state index in [-0.39, 0.29) is 0 Å². The molecule has 0 aliphatic carbocycles. The molecule has 1 saturated heterocycles. The summed E-state index contributed by atoms with van der Waals surface area (Å²) in [6.07, 6.45) is 3.72. The van der Waals surface area contributed by atoms with E-state index in [1.807, 2.05) is 0 Å². The highest BCUT2D eigenvalue weighted by Gasteiger charge is 2.17. The van der Waals surface area contributed by atoms with Gasteiger partial charge in [0.15, 0.2) is 0 Å². The quantitative estimate of drug-likeness (QED) is 0.584. The first-order valence-electron chi connectivity index (χ1n) is 6.89. The number of hydrogen-bond acceptors (Lipinski definition) is 4. The zero-order valence-corrected chi connectivity index (χ0v) is 11.4. The van der Waals surface area contributed by atoms with Gasteiger partial charge in [0.2, 0.25) is 0 Å². The summed E-state index contributed by atoms with van der Waals surface area (Å²) in [6.45, 7) is 8.98. The minimum Gasteiger partial charge on any atom is -0.383 e. The predicted molar refractivity (Wildman–Crippen MR) is 70.5 cm³/mol. The Kier molecular flexibility index (Phi) is 8.61. The molecule has 102 valence electrons. The van der Waals surface area contributed by atoms with Crippen LogP contribution in [0, 0.1) is 0 Å². The Morgan fingerprint density at radius 1 is 1.24 bits per heavy atom. The van der Waals surface area contributed by atoms with Crippen molar-refractivity contribution in [3.63, 3.8) is 0 Å². The summed E-state index contributed by atoms with van der Waals surface area (Å²) < 4.78 is 10.7. The highest BCUT2D eigenvalue weighted by Crippen LogP contribution is 2.06. The van der Waals surface area contributed by atoms with Crippen LogP contribution in [0.15, 0.2) is 0 Å². The summed E-state index contributed by atoms with van der Waals surface area (Å²) in [4.78, 5) is 2.45. The molecule has 1 N–H and O–H groups in total. The first-order chi connectivity index (χ1) is 8.36. The number of hydrogen-bond donors (Lipinski definition) is 1. The third-order valence-electron chi connectivity index (χ3n) is 3.15. The molecule has 0 amide bonds. The summed E-state index contributed by atoms with van der Waals surface area (Å²) in [5.74, 6) is 0. The lowest BCUT2D eigenvalue weighted by molar-refractivity contribution is 0.0850. The maximum atomic E-state index is 5.55. The Labute approximate surface area is 106 Å². The van der Waals surface area contributed by atoms with Gasteiger partial charge in [-0.25, -0.2) is 0 Å². The van der Waals surface area contributed by atoms with Gasteiger partial charge in [-0.05, 0) is 25.8 Å². The van der Waals surface area contributed by atoms with E-state index in [4.69, 9.17) is 9.47 Å². The topological polar surface area (TPSA) is 33.7 Å². The largest absolute Gasteiger partial charge is 0.383 e. The van der Waals surface area contributed by atoms with Crippen LogP contribution in [0.25, 0.3) is 0 Å². The van der Waals surface area contributed by atoms with Gasteiger partial charge in [0.25, 0.3) is 0 Å². The maximum Gasteiger partial charge on any atom is 0.0593 e. The van der Waals surface area contributed by atoms with Gasteiger partial charge in [-0.1, -0.05) is 6.92 Å². The summed E-state index contributed by atoms with van der Waals surface area (Å²) in [7, 11) is 1.76. The molecule has 1 aliphatic rings. The van der Waals surface area contributed by atoms with Crippen LogP contribution in [-0.2, 0) is 9.47 Å². The molecule has 0 bridgehead atoms. The van der Waals surface area contributed by atoms with Crippen LogP contribution in [-0.4, -0.2) is 64.1 Å². The van der Waals surface area contributed by atoms with E-state index in [2.05, 4.69) is 17.1 Å². The van der Waals surface area contributed by atoms with E-state index in [9.17, 15) is 0 Å². The summed E-state index contributed by atoms with van der Waals surface area (Å²) in [6, 6.07) is 0.665. The Balaban J connectivity index is 2.16. The van der Waals surface area contributed by atoms with Crippen molar-refractivity contribution in [3.05, 3.63) is 0 Å². The third kappa shape index (κ3) is 6.99. The van der Waals surface area contributed by atoms with Crippen molar-refractivity contribution >= 4 is 0 Å². The van der Waals surface area contributed by atoms with E-state index in [1.165, 1.54) is 19.4 Å². The van der Waals surface area contributed by atoms with Crippen molar-refractivity contribution in [2.45, 2.75) is 32.2 Å². The van der Waals surface area contributed by atoms with Gasteiger partial charge in [0.05, 0.1) is 13.2 Å². The minimum atomic E-state index is 0.665. The highest BCUT2D eigenvalue weighted by molar-refractivity contribution is 4.77. The Hall–Kier alpha value is -0.160. The van der Waals surface area contributed by atoms with Crippen molar-refractivity contribution < 1.29 is 9.47 Å². The summed E-state index contributed by atoms with van der Waals surface area (Å²) >= 11 is 0. The maximum absolute atomic E-state index is 5.55. The molecule has 0 saturated carbocycles. The molecular weight excluding hydrogens is 216 g/mol. The molecular formula is C13H28N2O2. The van der Waals surface area contributed by atoms with Crippen molar-refractivity contribution in [2.24, 2.45) is 0 Å². The Bertz CT molecular complexity index is 173. The fraction of sp³-hybridized carbons (Fsp3) is 1.00. The number of methoxy groups -OCH3 is 1. The van der Waals surface area contributed by atoms with Crippen LogP contribution >= 0.6 is 0 Å². The highest BCUT2D eigenvalue weighted by atomic mass is 16.5. The third-order valence-corrected chi connectivity index (χ3v) is 3.15. The van der Waals surface area contributed by atoms with E-state index >= 15 is 0 Å². The van der Waals surface area contributed by atoms with Gasteiger partial charge in [-0.3, -0.25) is 4.90 Å². The summed E-state index contributed by atoms with van der Waals surface area (Å²) in [5, 5.41) is 3.54. The van der Waals surface area contributed by atoms with E-state index in [0.29, 0.717) is 6.04 Å². The van der Waals surface area contributed by atoms with Crippen molar-refractivity contribution in [1.82, 2.24) is 10.2 Å². The van der Waals surface area contributed by atoms with E-state index in [1.54, 1.807) is 7.11 Å². The number of nitrogens with one attached hydrogen (secondary N) is 1. The second kappa shape index (κ2) is 9.83. The van der Waals surface area contributed by atoms with Crippen molar-refractivity contribution in [2.75, 3.05) is 53.1 Å². The lowest BCUT2D eigenvalue weighted by Gasteiger charge is -2.25. The summed E-state index contributed by atoms with van der Waals surface area (Å²) in [5.41, 5.74) is 0. The van der Waals surface area contributed by atoms with E-state index < -0.39 is 0 Å². The fourth-order valence-corrected chi connectivity index (χ4v) is 2.18. The molecule has 0 aromatic heterocycles. The first kappa shape index (κ1) is 14.9. The van der Waals surface area contributed by atoms with Crippen molar-refractivity contribution in [3.8, 4) is 0 Å². The Morgan fingerprint density at radius 2 is 2.06 bits per heavy atom. The molecule has 0 aromatic carbocycles. The molecule has 4 heteroatoms. The minimum absolute atomic E-state index is 0.665. The Morgan fingerprint density at radius 3 is 2.71 bits per heavy atom. The van der Waals surface area contributed by atoms with E-state index in [0.717, 1.165) is 45.9 Å². The molecule has 1 unspecified atom stereocenters. The van der Waals surface area contributed by atoms with Gasteiger partial charge in [-0.2, -0.15) is 0 Å². The SMILES string of the molecule is CCCOCCN(CCOC)CC1CCCN1. The number of nitrogens with zero attached hydrogens (tertiary/aromatic N) is 1. The lowest BCUT2D eigenvalue weighted by Crippen LogP contribution is -2.40. The number of rotatable bonds is 10. The van der Waals surface area contributed by atoms with Gasteiger partial charge < -0.3 is 14.8 Å². The van der Waals surface area contributed by atoms with Crippen molar-refractivity contribution in [1.29, 1.82) is 0 Å². The predicted octanol–water partition coefficient (Wildman–Crippen LogP) is 1.11. The molecule has 0 spiro atoms. The molecule has 1 rings (SSSR count). The van der Waals surface area contributed by atoms with Crippen LogP contribution in [0.4, 0.5) is 0 Å². The molecule has 1 aliphatic heterocycles. The van der Waals surface area contributed by atoms with Gasteiger partial charge in [-0.15, -0.1) is 0 Å². The molecule has 0 radical (unpaired) electrons. The van der Waals surface area contributed by atoms with Gasteiger partial charge >= 0.3 is 0 Å². The molecule has 0 aromatic rings. The molecule has 1 atom stereocenters. The fourth-order valence-electron chi connectivity index (χ4n) is 2.18. The monoisotopic (exact) mass is 244 g/mol. The average Bonchev–Trinajstić information content (AvgIpc) is 2.84.